The van der Waals surface area contributed by atoms with Gasteiger partial charge in [0.25, 0.3) is 0 Å². The Labute approximate surface area is 197 Å². The number of carboxylic acid groups (broad SMARTS) is 1. The standard InChI is InChI=1S/C24H40O8S/c1-13(4-7-21(27)28)16-5-6-17-22-18(12-20(26)24(16,17)3)23(2)9-8-15(32-33(29,30)31)10-14(23)11-19(22)25/h13-20,22,25-26H,4-12H2,1-3H3,(H,27,28)(H,29,30,31)/p-1/t13-,14+,15-,16-,17+,18+,19-,20+,22+,23+,24-/m1/s1. The van der Waals surface area contributed by atoms with Crippen molar-refractivity contribution in [3.63, 3.8) is 0 Å². The van der Waals surface area contributed by atoms with Crippen LogP contribution in [0.1, 0.15) is 78.6 Å². The molecular formula is C24H39O8S-. The maximum Gasteiger partial charge on any atom is 0.303 e. The number of aliphatic hydroxyl groups excluding tert-OH is 2. The fraction of sp³-hybridized carbons (Fsp3) is 0.958. The molecule has 0 aromatic rings. The predicted octanol–water partition coefficient (Wildman–Crippen LogP) is 2.93. The number of rotatable bonds is 6. The van der Waals surface area contributed by atoms with Gasteiger partial charge in [-0.1, -0.05) is 20.8 Å². The molecular weight excluding hydrogens is 448 g/mol. The summed E-state index contributed by atoms with van der Waals surface area (Å²) in [5.41, 5.74) is -0.494. The second-order valence-electron chi connectivity index (χ2n) is 11.9. The molecule has 4 aliphatic carbocycles. The molecule has 11 atom stereocenters. The lowest BCUT2D eigenvalue weighted by Crippen LogP contribution is -2.62. The third-order valence-corrected chi connectivity index (χ3v) is 11.1. The molecule has 8 nitrogen and oxygen atoms in total. The molecule has 190 valence electrons. The molecule has 0 spiro atoms. The first-order valence-corrected chi connectivity index (χ1v) is 13.8. The average Bonchev–Trinajstić information content (AvgIpc) is 3.05. The van der Waals surface area contributed by atoms with Crippen LogP contribution in [0.15, 0.2) is 0 Å². The van der Waals surface area contributed by atoms with E-state index >= 15 is 0 Å². The summed E-state index contributed by atoms with van der Waals surface area (Å²) in [4.78, 5) is 11.1. The molecule has 33 heavy (non-hydrogen) atoms. The van der Waals surface area contributed by atoms with Crippen molar-refractivity contribution in [2.75, 3.05) is 0 Å². The summed E-state index contributed by atoms with van der Waals surface area (Å²) in [6, 6.07) is 0. The van der Waals surface area contributed by atoms with Crippen LogP contribution >= 0.6 is 0 Å². The molecule has 0 amide bonds. The summed E-state index contributed by atoms with van der Waals surface area (Å²) < 4.78 is 38.1. The van der Waals surface area contributed by atoms with Crippen LogP contribution in [-0.2, 0) is 19.4 Å². The van der Waals surface area contributed by atoms with Crippen LogP contribution in [-0.4, -0.2) is 52.6 Å². The molecule has 0 aliphatic heterocycles. The molecule has 0 radical (unpaired) electrons. The summed E-state index contributed by atoms with van der Waals surface area (Å²) in [5, 5.41) is 32.0. The average molecular weight is 488 g/mol. The Hall–Kier alpha value is -0.740. The van der Waals surface area contributed by atoms with E-state index in [2.05, 4.69) is 20.8 Å². The van der Waals surface area contributed by atoms with Gasteiger partial charge in [-0.2, -0.15) is 0 Å². The van der Waals surface area contributed by atoms with Gasteiger partial charge in [-0.05, 0) is 97.7 Å². The number of carbonyl (C=O) groups is 1. The van der Waals surface area contributed by atoms with E-state index in [4.69, 9.17) is 9.29 Å². The normalized spacial score (nSPS) is 48.4. The van der Waals surface area contributed by atoms with Crippen LogP contribution in [0.25, 0.3) is 0 Å². The largest absolute Gasteiger partial charge is 0.726 e. The number of fused-ring (bicyclic) bond motifs is 5. The molecule has 0 saturated heterocycles. The Morgan fingerprint density at radius 2 is 1.82 bits per heavy atom. The summed E-state index contributed by atoms with van der Waals surface area (Å²) in [6.45, 7) is 6.46. The second kappa shape index (κ2) is 8.73. The lowest BCUT2D eigenvalue weighted by Gasteiger charge is -2.63. The van der Waals surface area contributed by atoms with Crippen LogP contribution < -0.4 is 0 Å². The van der Waals surface area contributed by atoms with E-state index in [0.29, 0.717) is 38.5 Å². The van der Waals surface area contributed by atoms with E-state index in [1.807, 2.05) is 0 Å². The highest BCUT2D eigenvalue weighted by atomic mass is 32.3. The monoisotopic (exact) mass is 487 g/mol. The van der Waals surface area contributed by atoms with Crippen LogP contribution in [0.5, 0.6) is 0 Å². The van der Waals surface area contributed by atoms with Crippen molar-refractivity contribution in [1.29, 1.82) is 0 Å². The number of aliphatic hydroxyl groups is 2. The SMILES string of the molecule is C[C@H](CCC(=O)O)[C@H]1CC[C@H]2[C@@H]3[C@H](O)C[C@@H]4C[C@H](OS(=O)(=O)[O-])CC[C@]4(C)[C@H]3C[C@H](O)[C@]12C. The molecule has 4 aliphatic rings. The van der Waals surface area contributed by atoms with Gasteiger partial charge in [0.2, 0.25) is 10.4 Å². The summed E-state index contributed by atoms with van der Waals surface area (Å²) in [7, 11) is -4.76. The quantitative estimate of drug-likeness (QED) is 0.383. The van der Waals surface area contributed by atoms with E-state index in [0.717, 1.165) is 12.8 Å². The third kappa shape index (κ3) is 4.37. The van der Waals surface area contributed by atoms with Crippen LogP contribution in [0.4, 0.5) is 0 Å². The molecule has 0 bridgehead atoms. The van der Waals surface area contributed by atoms with Gasteiger partial charge in [0.05, 0.1) is 18.3 Å². The van der Waals surface area contributed by atoms with Gasteiger partial charge >= 0.3 is 5.97 Å². The molecule has 0 aromatic heterocycles. The van der Waals surface area contributed by atoms with Crippen LogP contribution in [0.2, 0.25) is 0 Å². The van der Waals surface area contributed by atoms with Gasteiger partial charge < -0.3 is 19.9 Å². The van der Waals surface area contributed by atoms with E-state index < -0.39 is 34.7 Å². The van der Waals surface area contributed by atoms with Gasteiger partial charge in [-0.25, -0.2) is 8.42 Å². The molecule has 0 unspecified atom stereocenters. The number of aliphatic carboxylic acids is 1. The van der Waals surface area contributed by atoms with E-state index in [1.54, 1.807) is 0 Å². The number of carboxylic acids is 1. The number of hydrogen-bond acceptors (Lipinski definition) is 7. The summed E-state index contributed by atoms with van der Waals surface area (Å²) in [5.74, 6) is 0.0193. The van der Waals surface area contributed by atoms with Gasteiger partial charge in [-0.15, -0.1) is 0 Å². The fourth-order valence-electron chi connectivity index (χ4n) is 8.92. The van der Waals surface area contributed by atoms with Crippen molar-refractivity contribution in [1.82, 2.24) is 0 Å². The zero-order valence-electron chi connectivity index (χ0n) is 19.9. The summed E-state index contributed by atoms with van der Waals surface area (Å²) >= 11 is 0. The zero-order chi connectivity index (χ0) is 24.3. The first kappa shape index (κ1) is 25.4. The highest BCUT2D eigenvalue weighted by Gasteiger charge is 2.65. The molecule has 0 heterocycles. The maximum absolute atomic E-state index is 11.5. The first-order valence-electron chi connectivity index (χ1n) is 12.5. The highest BCUT2D eigenvalue weighted by Crippen LogP contribution is 2.68. The Bertz CT molecular complexity index is 861. The Kier molecular flexibility index (Phi) is 6.71. The molecule has 9 heteroatoms. The zero-order valence-corrected chi connectivity index (χ0v) is 20.7. The van der Waals surface area contributed by atoms with E-state index in [-0.39, 0.29) is 52.8 Å². The van der Waals surface area contributed by atoms with Crippen molar-refractivity contribution in [2.24, 2.45) is 46.3 Å². The minimum Gasteiger partial charge on any atom is -0.726 e. The molecule has 4 saturated carbocycles. The molecule has 3 N–H and O–H groups in total. The minimum absolute atomic E-state index is 0.0393. The van der Waals surface area contributed by atoms with Crippen molar-refractivity contribution in [3.8, 4) is 0 Å². The lowest BCUT2D eigenvalue weighted by molar-refractivity contribution is -0.206. The Morgan fingerprint density at radius 1 is 1.12 bits per heavy atom. The summed E-state index contributed by atoms with van der Waals surface area (Å²) in [6.07, 6.45) is 3.66. The molecule has 0 aromatic carbocycles. The molecule has 4 fully saturated rings. The van der Waals surface area contributed by atoms with Crippen molar-refractivity contribution < 1.29 is 37.3 Å². The van der Waals surface area contributed by atoms with Gasteiger partial charge in [0.15, 0.2) is 0 Å². The van der Waals surface area contributed by atoms with Gasteiger partial charge in [-0.3, -0.25) is 8.98 Å². The Morgan fingerprint density at radius 3 is 2.45 bits per heavy atom. The van der Waals surface area contributed by atoms with E-state index in [1.165, 1.54) is 0 Å². The fourth-order valence-corrected chi connectivity index (χ4v) is 9.43. The van der Waals surface area contributed by atoms with E-state index in [9.17, 15) is 28.0 Å². The topological polar surface area (TPSA) is 144 Å². The van der Waals surface area contributed by atoms with Crippen LogP contribution in [0.3, 0.4) is 0 Å². The highest BCUT2D eigenvalue weighted by molar-refractivity contribution is 7.80. The minimum atomic E-state index is -4.76. The van der Waals surface area contributed by atoms with Crippen molar-refractivity contribution in [3.05, 3.63) is 0 Å². The lowest BCUT2D eigenvalue weighted by atomic mass is 9.43. The predicted molar refractivity (Wildman–Crippen MR) is 119 cm³/mol. The van der Waals surface area contributed by atoms with Gasteiger partial charge in [0, 0.05) is 6.42 Å². The second-order valence-corrected chi connectivity index (χ2v) is 12.9. The Balaban J connectivity index is 1.56. The first-order chi connectivity index (χ1) is 15.3. The maximum atomic E-state index is 11.5. The third-order valence-electron chi connectivity index (χ3n) is 10.6. The molecule has 4 rings (SSSR count). The van der Waals surface area contributed by atoms with Crippen molar-refractivity contribution in [2.45, 2.75) is 96.9 Å². The number of hydrogen-bond donors (Lipinski definition) is 3. The van der Waals surface area contributed by atoms with Crippen LogP contribution in [0, 0.1) is 46.3 Å². The van der Waals surface area contributed by atoms with Crippen molar-refractivity contribution >= 4 is 16.4 Å². The smallest absolute Gasteiger partial charge is 0.303 e. The van der Waals surface area contributed by atoms with Gasteiger partial charge in [0.1, 0.15) is 0 Å².